The van der Waals surface area contributed by atoms with E-state index in [1.807, 2.05) is 0 Å². The predicted octanol–water partition coefficient (Wildman–Crippen LogP) is 0.250. The Labute approximate surface area is 103 Å². The third-order valence-corrected chi connectivity index (χ3v) is 2.61. The maximum Gasteiger partial charge on any atom is 0.248 e. The number of rotatable bonds is 7. The summed E-state index contributed by atoms with van der Waals surface area (Å²) in [6, 6.07) is 0.505. The fourth-order valence-electron chi connectivity index (χ4n) is 1.63. The molecule has 0 aromatic carbocycles. The number of amides is 1. The molecule has 1 aliphatic heterocycles. The van der Waals surface area contributed by atoms with E-state index in [9.17, 15) is 4.79 Å². The standard InChI is InChI=1S/C12H24N2O3/c1-11(2)13-4-3-7-17-10-12(15)14-5-8-16-9-6-14/h11,13H,3-10H2,1-2H3. The molecule has 0 radical (unpaired) electrons. The van der Waals surface area contributed by atoms with Crippen molar-refractivity contribution in [3.8, 4) is 0 Å². The van der Waals surface area contributed by atoms with Crippen LogP contribution < -0.4 is 5.32 Å². The molecule has 1 amide bonds. The molecule has 1 fully saturated rings. The first-order valence-corrected chi connectivity index (χ1v) is 6.37. The Hall–Kier alpha value is -0.650. The second-order valence-corrected chi connectivity index (χ2v) is 4.51. The zero-order valence-corrected chi connectivity index (χ0v) is 10.9. The van der Waals surface area contributed by atoms with Crippen LogP contribution in [0.15, 0.2) is 0 Å². The molecular weight excluding hydrogens is 220 g/mol. The fraction of sp³-hybridized carbons (Fsp3) is 0.917. The van der Waals surface area contributed by atoms with Crippen LogP contribution in [-0.2, 0) is 14.3 Å². The number of hydrogen-bond donors (Lipinski definition) is 1. The highest BCUT2D eigenvalue weighted by molar-refractivity contribution is 5.77. The van der Waals surface area contributed by atoms with Crippen LogP contribution in [0.25, 0.3) is 0 Å². The summed E-state index contributed by atoms with van der Waals surface area (Å²) in [6.07, 6.45) is 0.939. The van der Waals surface area contributed by atoms with Gasteiger partial charge < -0.3 is 19.7 Å². The first-order chi connectivity index (χ1) is 8.20. The van der Waals surface area contributed by atoms with Crippen LogP contribution in [0.4, 0.5) is 0 Å². The van der Waals surface area contributed by atoms with Gasteiger partial charge in [0, 0.05) is 25.7 Å². The Morgan fingerprint density at radius 1 is 1.41 bits per heavy atom. The van der Waals surface area contributed by atoms with Crippen molar-refractivity contribution in [2.75, 3.05) is 46.1 Å². The molecule has 1 saturated heterocycles. The topological polar surface area (TPSA) is 50.8 Å². The van der Waals surface area contributed by atoms with Crippen molar-refractivity contribution in [1.82, 2.24) is 10.2 Å². The van der Waals surface area contributed by atoms with Crippen LogP contribution in [-0.4, -0.2) is 62.9 Å². The van der Waals surface area contributed by atoms with E-state index in [0.29, 0.717) is 39.0 Å². The minimum atomic E-state index is 0.0742. The average molecular weight is 244 g/mol. The number of ether oxygens (including phenoxy) is 2. The summed E-state index contributed by atoms with van der Waals surface area (Å²) in [7, 11) is 0. The molecule has 5 heteroatoms. The molecule has 1 rings (SSSR count). The van der Waals surface area contributed by atoms with Gasteiger partial charge in [-0.1, -0.05) is 13.8 Å². The Bertz CT molecular complexity index is 216. The zero-order valence-electron chi connectivity index (χ0n) is 10.9. The van der Waals surface area contributed by atoms with E-state index >= 15 is 0 Å². The predicted molar refractivity (Wildman–Crippen MR) is 66.0 cm³/mol. The first kappa shape index (κ1) is 14.4. The third kappa shape index (κ3) is 6.61. The van der Waals surface area contributed by atoms with Crippen LogP contribution in [0.1, 0.15) is 20.3 Å². The van der Waals surface area contributed by atoms with Crippen molar-refractivity contribution in [3.05, 3.63) is 0 Å². The summed E-state index contributed by atoms with van der Waals surface area (Å²) < 4.78 is 10.5. The third-order valence-electron chi connectivity index (χ3n) is 2.61. The lowest BCUT2D eigenvalue weighted by Gasteiger charge is -2.26. The lowest BCUT2D eigenvalue weighted by Crippen LogP contribution is -2.42. The van der Waals surface area contributed by atoms with E-state index in [1.54, 1.807) is 4.90 Å². The summed E-state index contributed by atoms with van der Waals surface area (Å²) in [5.74, 6) is 0.0742. The van der Waals surface area contributed by atoms with Crippen molar-refractivity contribution in [3.63, 3.8) is 0 Å². The average Bonchev–Trinajstić information content (AvgIpc) is 2.34. The molecule has 0 spiro atoms. The second kappa shape index (κ2) is 8.44. The van der Waals surface area contributed by atoms with Crippen LogP contribution in [0.5, 0.6) is 0 Å². The highest BCUT2D eigenvalue weighted by Gasteiger charge is 2.16. The largest absolute Gasteiger partial charge is 0.378 e. The molecular formula is C12H24N2O3. The SMILES string of the molecule is CC(C)NCCCOCC(=O)N1CCOCC1. The number of carbonyl (C=O) groups excluding carboxylic acids is 1. The van der Waals surface area contributed by atoms with Crippen molar-refractivity contribution < 1.29 is 14.3 Å². The van der Waals surface area contributed by atoms with Gasteiger partial charge >= 0.3 is 0 Å². The quantitative estimate of drug-likeness (QED) is 0.652. The van der Waals surface area contributed by atoms with Gasteiger partial charge in [0.05, 0.1) is 13.2 Å². The van der Waals surface area contributed by atoms with Gasteiger partial charge in [-0.3, -0.25) is 4.79 Å². The normalized spacial score (nSPS) is 16.5. The molecule has 0 saturated carbocycles. The first-order valence-electron chi connectivity index (χ1n) is 6.37. The summed E-state index contributed by atoms with van der Waals surface area (Å²) in [4.78, 5) is 13.5. The molecule has 0 atom stereocenters. The van der Waals surface area contributed by atoms with Gasteiger partial charge in [-0.2, -0.15) is 0 Å². The van der Waals surface area contributed by atoms with Gasteiger partial charge in [-0.05, 0) is 13.0 Å². The molecule has 0 aliphatic carbocycles. The van der Waals surface area contributed by atoms with Gasteiger partial charge in [-0.25, -0.2) is 0 Å². The van der Waals surface area contributed by atoms with Crippen molar-refractivity contribution in [2.45, 2.75) is 26.3 Å². The van der Waals surface area contributed by atoms with Gasteiger partial charge in [0.15, 0.2) is 0 Å². The van der Waals surface area contributed by atoms with Crippen LogP contribution in [0.2, 0.25) is 0 Å². The summed E-state index contributed by atoms with van der Waals surface area (Å²) >= 11 is 0. The highest BCUT2D eigenvalue weighted by atomic mass is 16.5. The van der Waals surface area contributed by atoms with Crippen LogP contribution >= 0.6 is 0 Å². The van der Waals surface area contributed by atoms with Crippen LogP contribution in [0.3, 0.4) is 0 Å². The lowest BCUT2D eigenvalue weighted by atomic mass is 10.3. The molecule has 1 heterocycles. The van der Waals surface area contributed by atoms with Crippen LogP contribution in [0, 0.1) is 0 Å². The van der Waals surface area contributed by atoms with Gasteiger partial charge in [0.1, 0.15) is 6.61 Å². The molecule has 0 bridgehead atoms. The van der Waals surface area contributed by atoms with Gasteiger partial charge in [-0.15, -0.1) is 0 Å². The van der Waals surface area contributed by atoms with E-state index < -0.39 is 0 Å². The summed E-state index contributed by atoms with van der Waals surface area (Å²) in [5.41, 5.74) is 0. The highest BCUT2D eigenvalue weighted by Crippen LogP contribution is 1.97. The van der Waals surface area contributed by atoms with Crippen molar-refractivity contribution >= 4 is 5.91 Å². The Morgan fingerprint density at radius 2 is 2.12 bits per heavy atom. The monoisotopic (exact) mass is 244 g/mol. The maximum atomic E-state index is 11.7. The number of nitrogens with one attached hydrogen (secondary N) is 1. The van der Waals surface area contributed by atoms with Gasteiger partial charge in [0.25, 0.3) is 0 Å². The molecule has 0 aromatic rings. The minimum absolute atomic E-state index is 0.0742. The molecule has 1 aliphatic rings. The zero-order chi connectivity index (χ0) is 12.5. The lowest BCUT2D eigenvalue weighted by molar-refractivity contribution is -0.140. The van der Waals surface area contributed by atoms with E-state index in [4.69, 9.17) is 9.47 Å². The fourth-order valence-corrected chi connectivity index (χ4v) is 1.63. The smallest absolute Gasteiger partial charge is 0.248 e. The molecule has 17 heavy (non-hydrogen) atoms. The van der Waals surface area contributed by atoms with E-state index in [0.717, 1.165) is 13.0 Å². The van der Waals surface area contributed by atoms with E-state index in [-0.39, 0.29) is 12.5 Å². The molecule has 100 valence electrons. The second-order valence-electron chi connectivity index (χ2n) is 4.51. The summed E-state index contributed by atoms with van der Waals surface area (Å²) in [5, 5.41) is 3.31. The van der Waals surface area contributed by atoms with Gasteiger partial charge in [0.2, 0.25) is 5.91 Å². The van der Waals surface area contributed by atoms with E-state index in [2.05, 4.69) is 19.2 Å². The maximum absolute atomic E-state index is 11.7. The minimum Gasteiger partial charge on any atom is -0.378 e. The Balaban J connectivity index is 1.96. The van der Waals surface area contributed by atoms with E-state index in [1.165, 1.54) is 0 Å². The number of carbonyl (C=O) groups is 1. The summed E-state index contributed by atoms with van der Waals surface area (Å²) in [6.45, 7) is 8.66. The molecule has 0 unspecified atom stereocenters. The number of hydrogen-bond acceptors (Lipinski definition) is 4. The molecule has 1 N–H and O–H groups in total. The number of nitrogens with zero attached hydrogens (tertiary/aromatic N) is 1. The Morgan fingerprint density at radius 3 is 2.76 bits per heavy atom. The number of morpholine rings is 1. The Kier molecular flexibility index (Phi) is 7.16. The molecule has 5 nitrogen and oxygen atoms in total. The van der Waals surface area contributed by atoms with Crippen molar-refractivity contribution in [1.29, 1.82) is 0 Å². The molecule has 0 aromatic heterocycles. The van der Waals surface area contributed by atoms with Crippen molar-refractivity contribution in [2.24, 2.45) is 0 Å².